The number of quaternary nitrogens is 2. The van der Waals surface area contributed by atoms with E-state index < -0.39 is 0 Å². The minimum Gasteiger partial charge on any atom is -0.493 e. The lowest BCUT2D eigenvalue weighted by Crippen LogP contribution is -3.27. The maximum atomic E-state index is 5.49. The molecule has 0 aliphatic carbocycles. The summed E-state index contributed by atoms with van der Waals surface area (Å²) in [5.74, 6) is 3.33. The molecule has 4 rings (SSSR count). The van der Waals surface area contributed by atoms with Gasteiger partial charge in [-0.3, -0.25) is 0 Å². The average molecular weight is 372 g/mol. The number of benzene rings is 2. The zero-order chi connectivity index (χ0) is 18.6. The van der Waals surface area contributed by atoms with Crippen molar-refractivity contribution >= 4 is 0 Å². The summed E-state index contributed by atoms with van der Waals surface area (Å²) in [5.41, 5.74) is 2.61. The second kappa shape index (κ2) is 8.06. The van der Waals surface area contributed by atoms with Gasteiger partial charge in [-0.15, -0.1) is 0 Å². The van der Waals surface area contributed by atoms with Crippen LogP contribution in [0, 0.1) is 0 Å². The standard InChI is InChI=1S/C21H26N2O4/c1-24-18-5-3-16(11-20(18)25-2)13-22-7-9-23(10-8-22)14-17-4-6-19-21(12-17)27-15-26-19/h3-6,11-12H,7-10,13-15H2,1-2H3/p+2. The van der Waals surface area contributed by atoms with Crippen molar-refractivity contribution in [2.45, 2.75) is 13.1 Å². The maximum Gasteiger partial charge on any atom is 0.231 e. The second-order valence-electron chi connectivity index (χ2n) is 7.23. The fourth-order valence-corrected chi connectivity index (χ4v) is 3.93. The molecular weight excluding hydrogens is 344 g/mol. The molecule has 0 spiro atoms. The molecule has 2 aliphatic heterocycles. The molecule has 0 radical (unpaired) electrons. The largest absolute Gasteiger partial charge is 0.493 e. The van der Waals surface area contributed by atoms with Crippen LogP contribution in [0.2, 0.25) is 0 Å². The molecule has 1 saturated heterocycles. The fraction of sp³-hybridized carbons (Fsp3) is 0.429. The van der Waals surface area contributed by atoms with Crippen LogP contribution in [0.3, 0.4) is 0 Å². The van der Waals surface area contributed by atoms with E-state index in [-0.39, 0.29) is 0 Å². The van der Waals surface area contributed by atoms with Crippen LogP contribution in [0.4, 0.5) is 0 Å². The van der Waals surface area contributed by atoms with E-state index in [1.807, 2.05) is 12.1 Å². The Balaban J connectivity index is 1.30. The van der Waals surface area contributed by atoms with Crippen molar-refractivity contribution < 1.29 is 28.7 Å². The van der Waals surface area contributed by atoms with Crippen molar-refractivity contribution in [1.29, 1.82) is 0 Å². The van der Waals surface area contributed by atoms with Gasteiger partial charge in [0.25, 0.3) is 0 Å². The Morgan fingerprint density at radius 2 is 1.33 bits per heavy atom. The third kappa shape index (κ3) is 4.12. The van der Waals surface area contributed by atoms with E-state index in [9.17, 15) is 0 Å². The van der Waals surface area contributed by atoms with E-state index in [4.69, 9.17) is 18.9 Å². The highest BCUT2D eigenvalue weighted by Gasteiger charge is 2.24. The van der Waals surface area contributed by atoms with E-state index in [1.54, 1.807) is 24.0 Å². The van der Waals surface area contributed by atoms with Crippen molar-refractivity contribution in [3.8, 4) is 23.0 Å². The molecule has 2 aromatic carbocycles. The topological polar surface area (TPSA) is 45.8 Å². The molecule has 2 heterocycles. The lowest BCUT2D eigenvalue weighted by molar-refractivity contribution is -1.02. The van der Waals surface area contributed by atoms with Crippen LogP contribution in [0.25, 0.3) is 0 Å². The number of nitrogens with one attached hydrogen (secondary N) is 2. The first-order chi connectivity index (χ1) is 13.2. The number of fused-ring (bicyclic) bond motifs is 1. The van der Waals surface area contributed by atoms with Crippen LogP contribution in [0.15, 0.2) is 36.4 Å². The van der Waals surface area contributed by atoms with Gasteiger partial charge in [-0.1, -0.05) is 0 Å². The molecule has 27 heavy (non-hydrogen) atoms. The molecule has 144 valence electrons. The zero-order valence-corrected chi connectivity index (χ0v) is 16.0. The Morgan fingerprint density at radius 1 is 0.741 bits per heavy atom. The minimum absolute atomic E-state index is 0.337. The molecule has 0 aromatic heterocycles. The van der Waals surface area contributed by atoms with Crippen molar-refractivity contribution in [2.75, 3.05) is 47.2 Å². The van der Waals surface area contributed by atoms with Crippen LogP contribution in [-0.2, 0) is 13.1 Å². The molecule has 2 aromatic rings. The predicted molar refractivity (Wildman–Crippen MR) is 101 cm³/mol. The van der Waals surface area contributed by atoms with Gasteiger partial charge in [0.05, 0.1) is 14.2 Å². The molecule has 0 bridgehead atoms. The summed E-state index contributed by atoms with van der Waals surface area (Å²) in [4.78, 5) is 3.25. The van der Waals surface area contributed by atoms with E-state index in [0.717, 1.165) is 36.1 Å². The predicted octanol–water partition coefficient (Wildman–Crippen LogP) is -0.0839. The third-order valence-electron chi connectivity index (χ3n) is 5.46. The molecule has 0 unspecified atom stereocenters. The molecule has 6 nitrogen and oxygen atoms in total. The quantitative estimate of drug-likeness (QED) is 0.745. The van der Waals surface area contributed by atoms with Gasteiger partial charge in [-0.05, 0) is 36.4 Å². The third-order valence-corrected chi connectivity index (χ3v) is 5.46. The average Bonchev–Trinajstić information content (AvgIpc) is 3.17. The molecular formula is C21H28N2O4+2. The zero-order valence-electron chi connectivity index (χ0n) is 16.0. The molecule has 2 N–H and O–H groups in total. The summed E-state index contributed by atoms with van der Waals surface area (Å²) < 4.78 is 21.6. The summed E-state index contributed by atoms with van der Waals surface area (Å²) >= 11 is 0. The van der Waals surface area contributed by atoms with Gasteiger partial charge in [-0.25, -0.2) is 0 Å². The van der Waals surface area contributed by atoms with Gasteiger partial charge in [0, 0.05) is 11.1 Å². The summed E-state index contributed by atoms with van der Waals surface area (Å²) in [6, 6.07) is 12.5. The van der Waals surface area contributed by atoms with E-state index >= 15 is 0 Å². The summed E-state index contributed by atoms with van der Waals surface area (Å²) in [5, 5.41) is 0. The van der Waals surface area contributed by atoms with Crippen molar-refractivity contribution in [1.82, 2.24) is 0 Å². The molecule has 2 aliphatic rings. The smallest absolute Gasteiger partial charge is 0.231 e. The number of piperazine rings is 1. The van der Waals surface area contributed by atoms with E-state index in [2.05, 4.69) is 24.3 Å². The van der Waals surface area contributed by atoms with Gasteiger partial charge in [-0.2, -0.15) is 0 Å². The summed E-state index contributed by atoms with van der Waals surface area (Å²) in [6.45, 7) is 7.11. The number of hydrogen-bond acceptors (Lipinski definition) is 4. The number of ether oxygens (including phenoxy) is 4. The van der Waals surface area contributed by atoms with Crippen LogP contribution in [0.5, 0.6) is 23.0 Å². The first-order valence-corrected chi connectivity index (χ1v) is 9.51. The van der Waals surface area contributed by atoms with E-state index in [1.165, 1.54) is 37.3 Å². The monoisotopic (exact) mass is 372 g/mol. The second-order valence-corrected chi connectivity index (χ2v) is 7.23. The molecule has 6 heteroatoms. The van der Waals surface area contributed by atoms with Gasteiger partial charge in [0.15, 0.2) is 23.0 Å². The normalized spacial score (nSPS) is 21.1. The highest BCUT2D eigenvalue weighted by molar-refractivity contribution is 5.44. The first-order valence-electron chi connectivity index (χ1n) is 9.51. The highest BCUT2D eigenvalue weighted by atomic mass is 16.7. The lowest BCUT2D eigenvalue weighted by atomic mass is 10.1. The van der Waals surface area contributed by atoms with Crippen molar-refractivity contribution in [3.63, 3.8) is 0 Å². The van der Waals surface area contributed by atoms with Gasteiger partial charge in [0.2, 0.25) is 6.79 Å². The summed E-state index contributed by atoms with van der Waals surface area (Å²) in [6.07, 6.45) is 0. The van der Waals surface area contributed by atoms with Crippen LogP contribution in [0.1, 0.15) is 11.1 Å². The van der Waals surface area contributed by atoms with Crippen molar-refractivity contribution in [3.05, 3.63) is 47.5 Å². The van der Waals surface area contributed by atoms with Gasteiger partial charge >= 0.3 is 0 Å². The maximum absolute atomic E-state index is 5.49. The van der Waals surface area contributed by atoms with Crippen molar-refractivity contribution in [2.24, 2.45) is 0 Å². The Morgan fingerprint density at radius 3 is 2.00 bits per heavy atom. The van der Waals surface area contributed by atoms with Gasteiger partial charge < -0.3 is 28.7 Å². The number of rotatable bonds is 6. The Labute approximate surface area is 160 Å². The Bertz CT molecular complexity index is 788. The van der Waals surface area contributed by atoms with E-state index in [0.29, 0.717) is 6.79 Å². The first kappa shape index (κ1) is 17.9. The van der Waals surface area contributed by atoms with Crippen LogP contribution in [-0.4, -0.2) is 47.2 Å². The molecule has 1 fully saturated rings. The van der Waals surface area contributed by atoms with Gasteiger partial charge in [0.1, 0.15) is 39.3 Å². The van der Waals surface area contributed by atoms with Crippen LogP contribution >= 0.6 is 0 Å². The Hall–Kier alpha value is -2.44. The number of methoxy groups -OCH3 is 2. The highest BCUT2D eigenvalue weighted by Crippen LogP contribution is 2.32. The summed E-state index contributed by atoms with van der Waals surface area (Å²) in [7, 11) is 3.36. The number of hydrogen-bond donors (Lipinski definition) is 2. The molecule has 0 saturated carbocycles. The minimum atomic E-state index is 0.337. The lowest BCUT2D eigenvalue weighted by Gasteiger charge is -2.30. The molecule has 0 atom stereocenters. The van der Waals surface area contributed by atoms with Crippen LogP contribution < -0.4 is 28.7 Å². The molecule has 0 amide bonds. The SMILES string of the molecule is COc1ccc(C[NH+]2CC[NH+](Cc3ccc4c(c3)OCO4)CC2)cc1OC. The Kier molecular flexibility index (Phi) is 5.36. The fourth-order valence-electron chi connectivity index (χ4n) is 3.93.